The first-order valence-corrected chi connectivity index (χ1v) is 5.62. The molecule has 0 heterocycles. The Kier molecular flexibility index (Phi) is 4.96. The summed E-state index contributed by atoms with van der Waals surface area (Å²) in [6, 6.07) is 7.30. The zero-order chi connectivity index (χ0) is 12.8. The Morgan fingerprint density at radius 3 is 2.47 bits per heavy atom. The molecule has 1 rings (SSSR count). The Balaban J connectivity index is 2.42. The minimum Gasteiger partial charge on any atom is -0.480 e. The number of rotatable bonds is 4. The van der Waals surface area contributed by atoms with Gasteiger partial charge in [-0.2, -0.15) is 0 Å². The SMILES string of the molecule is CN(CC(=O)O)C(=O)OCc1ccc(Br)cc1. The Bertz CT molecular complexity index is 404. The molecule has 0 aliphatic rings. The number of carbonyl (C=O) groups excluding carboxylic acids is 1. The summed E-state index contributed by atoms with van der Waals surface area (Å²) in [6.07, 6.45) is -0.657. The number of aliphatic carboxylic acids is 1. The van der Waals surface area contributed by atoms with Crippen LogP contribution in [0.2, 0.25) is 0 Å². The number of hydrogen-bond acceptors (Lipinski definition) is 3. The van der Waals surface area contributed by atoms with Gasteiger partial charge in [0.05, 0.1) is 0 Å². The number of ether oxygens (including phenoxy) is 1. The first kappa shape index (κ1) is 13.5. The normalized spacial score (nSPS) is 9.76. The maximum absolute atomic E-state index is 11.3. The molecule has 92 valence electrons. The monoisotopic (exact) mass is 301 g/mol. The average molecular weight is 302 g/mol. The molecule has 6 heteroatoms. The summed E-state index contributed by atoms with van der Waals surface area (Å²) < 4.78 is 5.88. The molecule has 1 N–H and O–H groups in total. The number of carboxylic acids is 1. The molecule has 0 aliphatic heterocycles. The molecule has 0 radical (unpaired) electrons. The number of amides is 1. The lowest BCUT2D eigenvalue weighted by Gasteiger charge is -2.14. The third-order valence-electron chi connectivity index (χ3n) is 1.96. The van der Waals surface area contributed by atoms with E-state index < -0.39 is 12.1 Å². The van der Waals surface area contributed by atoms with Crippen molar-refractivity contribution in [3.8, 4) is 0 Å². The molecule has 1 amide bonds. The van der Waals surface area contributed by atoms with Crippen molar-refractivity contribution in [1.82, 2.24) is 4.90 Å². The quantitative estimate of drug-likeness (QED) is 0.925. The molecule has 0 saturated carbocycles. The molecular formula is C11H12BrNO4. The zero-order valence-electron chi connectivity index (χ0n) is 9.22. The predicted molar refractivity (Wildman–Crippen MR) is 64.6 cm³/mol. The van der Waals surface area contributed by atoms with E-state index in [1.54, 1.807) is 0 Å². The van der Waals surface area contributed by atoms with Crippen LogP contribution in [-0.4, -0.2) is 35.7 Å². The van der Waals surface area contributed by atoms with Crippen molar-refractivity contribution in [3.05, 3.63) is 34.3 Å². The highest BCUT2D eigenvalue weighted by Gasteiger charge is 2.12. The fourth-order valence-corrected chi connectivity index (χ4v) is 1.37. The second-order valence-corrected chi connectivity index (χ2v) is 4.35. The highest BCUT2D eigenvalue weighted by Crippen LogP contribution is 2.11. The second-order valence-electron chi connectivity index (χ2n) is 3.43. The second kappa shape index (κ2) is 6.24. The number of halogens is 1. The van der Waals surface area contributed by atoms with Gasteiger partial charge >= 0.3 is 12.1 Å². The summed E-state index contributed by atoms with van der Waals surface area (Å²) in [7, 11) is 1.37. The third-order valence-corrected chi connectivity index (χ3v) is 2.49. The van der Waals surface area contributed by atoms with Gasteiger partial charge in [-0.25, -0.2) is 4.79 Å². The van der Waals surface area contributed by atoms with Crippen LogP contribution in [0.1, 0.15) is 5.56 Å². The van der Waals surface area contributed by atoms with Gasteiger partial charge in [-0.1, -0.05) is 28.1 Å². The molecule has 0 spiro atoms. The van der Waals surface area contributed by atoms with E-state index in [9.17, 15) is 9.59 Å². The molecule has 0 bridgehead atoms. The molecule has 0 atom stereocenters. The first-order chi connectivity index (χ1) is 7.99. The number of hydrogen-bond donors (Lipinski definition) is 1. The molecule has 5 nitrogen and oxygen atoms in total. The lowest BCUT2D eigenvalue weighted by molar-refractivity contribution is -0.137. The molecule has 1 aromatic rings. The lowest BCUT2D eigenvalue weighted by atomic mass is 10.2. The topological polar surface area (TPSA) is 66.8 Å². The number of likely N-dealkylation sites (N-methyl/N-ethyl adjacent to an activating group) is 1. The molecule has 17 heavy (non-hydrogen) atoms. The van der Waals surface area contributed by atoms with Crippen molar-refractivity contribution in [1.29, 1.82) is 0 Å². The van der Waals surface area contributed by atoms with Crippen LogP contribution in [0.4, 0.5) is 4.79 Å². The van der Waals surface area contributed by atoms with Crippen molar-refractivity contribution in [2.24, 2.45) is 0 Å². The van der Waals surface area contributed by atoms with Crippen LogP contribution in [0.3, 0.4) is 0 Å². The van der Waals surface area contributed by atoms with Gasteiger partial charge in [0, 0.05) is 11.5 Å². The molecule has 0 aromatic heterocycles. The van der Waals surface area contributed by atoms with Crippen molar-refractivity contribution in [2.75, 3.05) is 13.6 Å². The maximum Gasteiger partial charge on any atom is 0.410 e. The van der Waals surface area contributed by atoms with Gasteiger partial charge in [-0.15, -0.1) is 0 Å². The Hall–Kier alpha value is -1.56. The van der Waals surface area contributed by atoms with Gasteiger partial charge in [0.15, 0.2) is 0 Å². The van der Waals surface area contributed by atoms with E-state index in [-0.39, 0.29) is 13.2 Å². The van der Waals surface area contributed by atoms with Crippen LogP contribution >= 0.6 is 15.9 Å². The van der Waals surface area contributed by atoms with E-state index in [2.05, 4.69) is 15.9 Å². The van der Waals surface area contributed by atoms with Crippen molar-refractivity contribution in [3.63, 3.8) is 0 Å². The Labute approximate surface area is 107 Å². The number of benzene rings is 1. The lowest BCUT2D eigenvalue weighted by Crippen LogP contribution is -2.32. The van der Waals surface area contributed by atoms with E-state index in [1.165, 1.54) is 7.05 Å². The summed E-state index contributed by atoms with van der Waals surface area (Å²) in [5.74, 6) is -1.08. The van der Waals surface area contributed by atoms with Crippen LogP contribution in [-0.2, 0) is 16.1 Å². The number of carbonyl (C=O) groups is 2. The molecule has 0 fully saturated rings. The average Bonchev–Trinajstić information content (AvgIpc) is 2.27. The maximum atomic E-state index is 11.3. The van der Waals surface area contributed by atoms with Crippen LogP contribution in [0.25, 0.3) is 0 Å². The molecule has 0 aliphatic carbocycles. The van der Waals surface area contributed by atoms with Gasteiger partial charge < -0.3 is 14.7 Å². The number of nitrogens with zero attached hydrogens (tertiary/aromatic N) is 1. The summed E-state index contributed by atoms with van der Waals surface area (Å²) in [4.78, 5) is 22.7. The van der Waals surface area contributed by atoms with E-state index in [0.29, 0.717) is 0 Å². The van der Waals surface area contributed by atoms with Gasteiger partial charge in [0.25, 0.3) is 0 Å². The zero-order valence-corrected chi connectivity index (χ0v) is 10.8. The van der Waals surface area contributed by atoms with Crippen molar-refractivity contribution in [2.45, 2.75) is 6.61 Å². The van der Waals surface area contributed by atoms with Gasteiger partial charge in [-0.05, 0) is 17.7 Å². The van der Waals surface area contributed by atoms with Crippen LogP contribution < -0.4 is 0 Å². The standard InChI is InChI=1S/C11H12BrNO4/c1-13(6-10(14)15)11(16)17-7-8-2-4-9(12)5-3-8/h2-5H,6-7H2,1H3,(H,14,15). The predicted octanol–water partition coefficient (Wildman–Crippen LogP) is 2.10. The highest BCUT2D eigenvalue weighted by molar-refractivity contribution is 9.10. The fraction of sp³-hybridized carbons (Fsp3) is 0.273. The smallest absolute Gasteiger partial charge is 0.410 e. The van der Waals surface area contributed by atoms with E-state index >= 15 is 0 Å². The highest BCUT2D eigenvalue weighted by atomic mass is 79.9. The molecular weight excluding hydrogens is 290 g/mol. The first-order valence-electron chi connectivity index (χ1n) is 4.83. The summed E-state index contributed by atoms with van der Waals surface area (Å²) in [6.45, 7) is -0.255. The van der Waals surface area contributed by atoms with Crippen molar-refractivity contribution < 1.29 is 19.4 Å². The Morgan fingerprint density at radius 2 is 1.94 bits per heavy atom. The molecule has 0 saturated heterocycles. The summed E-state index contributed by atoms with van der Waals surface area (Å²) >= 11 is 3.29. The molecule has 1 aromatic carbocycles. The Morgan fingerprint density at radius 1 is 1.35 bits per heavy atom. The minimum atomic E-state index is -1.08. The summed E-state index contributed by atoms with van der Waals surface area (Å²) in [5, 5.41) is 8.49. The van der Waals surface area contributed by atoms with Crippen LogP contribution in [0.15, 0.2) is 28.7 Å². The van der Waals surface area contributed by atoms with E-state index in [4.69, 9.17) is 9.84 Å². The fourth-order valence-electron chi connectivity index (χ4n) is 1.10. The number of carboxylic acid groups (broad SMARTS) is 1. The van der Waals surface area contributed by atoms with Crippen molar-refractivity contribution >= 4 is 28.0 Å². The van der Waals surface area contributed by atoms with Gasteiger partial charge in [0.1, 0.15) is 13.2 Å². The van der Waals surface area contributed by atoms with E-state index in [1.807, 2.05) is 24.3 Å². The minimum absolute atomic E-state index is 0.121. The van der Waals surface area contributed by atoms with Crippen LogP contribution in [0.5, 0.6) is 0 Å². The van der Waals surface area contributed by atoms with Gasteiger partial charge in [0.2, 0.25) is 0 Å². The third kappa shape index (κ3) is 4.86. The van der Waals surface area contributed by atoms with E-state index in [0.717, 1.165) is 14.9 Å². The van der Waals surface area contributed by atoms with Gasteiger partial charge in [-0.3, -0.25) is 4.79 Å². The molecule has 0 unspecified atom stereocenters. The van der Waals surface area contributed by atoms with Crippen LogP contribution in [0, 0.1) is 0 Å². The summed E-state index contributed by atoms with van der Waals surface area (Å²) in [5.41, 5.74) is 0.838. The largest absolute Gasteiger partial charge is 0.480 e.